The second kappa shape index (κ2) is 6.79. The summed E-state index contributed by atoms with van der Waals surface area (Å²) in [6.45, 7) is 5.34. The smallest absolute Gasteiger partial charge is 0.256 e. The Hall–Kier alpha value is -2.40. The maximum absolute atomic E-state index is 12.6. The first-order chi connectivity index (χ1) is 11.2. The minimum Gasteiger partial charge on any atom is -0.398 e. The number of anilines is 1. The van der Waals surface area contributed by atoms with Crippen LogP contribution in [-0.2, 0) is 0 Å². The average Bonchev–Trinajstić information content (AvgIpc) is 2.62. The zero-order valence-electron chi connectivity index (χ0n) is 13.4. The summed E-state index contributed by atoms with van der Waals surface area (Å²) < 4.78 is 0. The number of rotatable bonds is 3. The third kappa shape index (κ3) is 3.35. The van der Waals surface area contributed by atoms with Crippen molar-refractivity contribution in [1.29, 1.82) is 0 Å². The number of piperazine rings is 1. The van der Waals surface area contributed by atoms with Gasteiger partial charge in [0.25, 0.3) is 5.91 Å². The van der Waals surface area contributed by atoms with Crippen molar-refractivity contribution in [2.75, 3.05) is 31.9 Å². The van der Waals surface area contributed by atoms with Gasteiger partial charge >= 0.3 is 0 Å². The fourth-order valence-electron chi connectivity index (χ4n) is 3.01. The molecule has 0 saturated carbocycles. The van der Waals surface area contributed by atoms with E-state index in [1.165, 1.54) is 5.56 Å². The van der Waals surface area contributed by atoms with Crippen molar-refractivity contribution < 1.29 is 4.79 Å². The molecule has 1 atom stereocenters. The average molecular weight is 310 g/mol. The predicted octanol–water partition coefficient (Wildman–Crippen LogP) is 2.18. The van der Waals surface area contributed by atoms with E-state index in [4.69, 9.17) is 5.73 Å². The number of hydrogen-bond acceptors (Lipinski definition) is 4. The summed E-state index contributed by atoms with van der Waals surface area (Å²) in [5.74, 6) is 0.0248. The van der Waals surface area contributed by atoms with Crippen LogP contribution in [0.25, 0.3) is 0 Å². The molecule has 1 unspecified atom stereocenters. The molecule has 2 N–H and O–H groups in total. The van der Waals surface area contributed by atoms with E-state index >= 15 is 0 Å². The number of aromatic nitrogens is 1. The van der Waals surface area contributed by atoms with Gasteiger partial charge in [-0.2, -0.15) is 0 Å². The third-order valence-corrected chi connectivity index (χ3v) is 4.51. The van der Waals surface area contributed by atoms with Crippen LogP contribution in [0.4, 0.5) is 5.69 Å². The Bertz CT molecular complexity index is 666. The predicted molar refractivity (Wildman–Crippen MR) is 91.0 cm³/mol. The minimum absolute atomic E-state index is 0.0248. The zero-order valence-corrected chi connectivity index (χ0v) is 13.4. The summed E-state index contributed by atoms with van der Waals surface area (Å²) in [5, 5.41) is 0. The van der Waals surface area contributed by atoms with Gasteiger partial charge in [-0.05, 0) is 30.7 Å². The van der Waals surface area contributed by atoms with Crippen LogP contribution >= 0.6 is 0 Å². The molecule has 23 heavy (non-hydrogen) atoms. The molecule has 0 spiro atoms. The van der Waals surface area contributed by atoms with E-state index in [0.717, 1.165) is 26.2 Å². The molecule has 0 aliphatic carbocycles. The maximum Gasteiger partial charge on any atom is 0.256 e. The molecule has 2 aromatic rings. The lowest BCUT2D eigenvalue weighted by atomic mass is 10.1. The first-order valence-corrected chi connectivity index (χ1v) is 7.94. The maximum atomic E-state index is 12.6. The number of carbonyl (C=O) groups is 1. The summed E-state index contributed by atoms with van der Waals surface area (Å²) in [7, 11) is 0. The lowest BCUT2D eigenvalue weighted by Gasteiger charge is -2.38. The van der Waals surface area contributed by atoms with Crippen LogP contribution in [0, 0.1) is 0 Å². The van der Waals surface area contributed by atoms with Crippen molar-refractivity contribution in [1.82, 2.24) is 14.8 Å². The molecular weight excluding hydrogens is 288 g/mol. The largest absolute Gasteiger partial charge is 0.398 e. The van der Waals surface area contributed by atoms with Gasteiger partial charge in [0.05, 0.1) is 5.56 Å². The summed E-state index contributed by atoms with van der Waals surface area (Å²) in [4.78, 5) is 21.0. The van der Waals surface area contributed by atoms with E-state index in [2.05, 4.69) is 22.9 Å². The van der Waals surface area contributed by atoms with E-state index in [-0.39, 0.29) is 5.91 Å². The summed E-state index contributed by atoms with van der Waals surface area (Å²) in [5.41, 5.74) is 8.27. The molecule has 3 rings (SSSR count). The molecule has 120 valence electrons. The first kappa shape index (κ1) is 15.5. The van der Waals surface area contributed by atoms with Crippen molar-refractivity contribution in [2.24, 2.45) is 0 Å². The molecule has 0 radical (unpaired) electrons. The number of benzene rings is 1. The molecule has 1 aromatic carbocycles. The topological polar surface area (TPSA) is 62.5 Å². The summed E-state index contributed by atoms with van der Waals surface area (Å²) >= 11 is 0. The van der Waals surface area contributed by atoms with Gasteiger partial charge in [0.1, 0.15) is 0 Å². The number of carbonyl (C=O) groups excluding carboxylic acids is 1. The molecule has 2 heterocycles. The van der Waals surface area contributed by atoms with Crippen molar-refractivity contribution in [3.8, 4) is 0 Å². The van der Waals surface area contributed by atoms with Crippen molar-refractivity contribution >= 4 is 11.6 Å². The fraction of sp³-hybridized carbons (Fsp3) is 0.333. The second-order valence-electron chi connectivity index (χ2n) is 5.88. The van der Waals surface area contributed by atoms with Crippen LogP contribution in [0.2, 0.25) is 0 Å². The summed E-state index contributed by atoms with van der Waals surface area (Å²) in [6.07, 6.45) is 3.70. The van der Waals surface area contributed by atoms with E-state index in [1.807, 2.05) is 29.3 Å². The van der Waals surface area contributed by atoms with Crippen LogP contribution in [-0.4, -0.2) is 46.9 Å². The van der Waals surface area contributed by atoms with Crippen molar-refractivity contribution in [2.45, 2.75) is 13.0 Å². The SMILES string of the molecule is CC(c1cccnc1)N1CCN(C(=O)c2ccccc2N)CC1. The molecule has 0 bridgehead atoms. The number of hydrogen-bond donors (Lipinski definition) is 1. The molecular formula is C18H22N4O. The van der Waals surface area contributed by atoms with E-state index < -0.39 is 0 Å². The number of amides is 1. The Labute approximate surface area is 136 Å². The molecule has 5 heteroatoms. The fourth-order valence-corrected chi connectivity index (χ4v) is 3.01. The highest BCUT2D eigenvalue weighted by Crippen LogP contribution is 2.22. The quantitative estimate of drug-likeness (QED) is 0.883. The highest BCUT2D eigenvalue weighted by molar-refractivity contribution is 5.99. The van der Waals surface area contributed by atoms with Crippen molar-refractivity contribution in [3.05, 3.63) is 59.9 Å². The monoisotopic (exact) mass is 310 g/mol. The van der Waals surface area contributed by atoms with Crippen LogP contribution < -0.4 is 5.73 Å². The Morgan fingerprint density at radius 2 is 1.87 bits per heavy atom. The Balaban J connectivity index is 1.62. The molecule has 1 aliphatic heterocycles. The van der Waals surface area contributed by atoms with Crippen LogP contribution in [0.15, 0.2) is 48.8 Å². The number of nitrogens with two attached hydrogens (primary N) is 1. The van der Waals surface area contributed by atoms with Crippen LogP contribution in [0.3, 0.4) is 0 Å². The highest BCUT2D eigenvalue weighted by Gasteiger charge is 2.26. The van der Waals surface area contributed by atoms with E-state index in [9.17, 15) is 4.79 Å². The van der Waals surface area contributed by atoms with Gasteiger partial charge in [-0.3, -0.25) is 14.7 Å². The summed E-state index contributed by atoms with van der Waals surface area (Å²) in [6, 6.07) is 11.6. The Morgan fingerprint density at radius 3 is 2.52 bits per heavy atom. The van der Waals surface area contributed by atoms with E-state index in [0.29, 0.717) is 17.3 Å². The Kier molecular flexibility index (Phi) is 4.57. The Morgan fingerprint density at radius 1 is 1.13 bits per heavy atom. The number of nitrogens with zero attached hydrogens (tertiary/aromatic N) is 3. The van der Waals surface area contributed by atoms with Gasteiger partial charge in [-0.15, -0.1) is 0 Å². The molecule has 1 fully saturated rings. The first-order valence-electron chi connectivity index (χ1n) is 7.94. The van der Waals surface area contributed by atoms with Crippen LogP contribution in [0.5, 0.6) is 0 Å². The van der Waals surface area contributed by atoms with E-state index in [1.54, 1.807) is 18.3 Å². The molecule has 5 nitrogen and oxygen atoms in total. The lowest BCUT2D eigenvalue weighted by Crippen LogP contribution is -2.49. The molecule has 1 aromatic heterocycles. The molecule has 1 aliphatic rings. The lowest BCUT2D eigenvalue weighted by molar-refractivity contribution is 0.0583. The van der Waals surface area contributed by atoms with Gasteiger partial charge in [-0.25, -0.2) is 0 Å². The number of pyridine rings is 1. The normalized spacial score (nSPS) is 17.0. The van der Waals surface area contributed by atoms with Gasteiger partial charge in [0.15, 0.2) is 0 Å². The van der Waals surface area contributed by atoms with Gasteiger partial charge < -0.3 is 10.6 Å². The number of para-hydroxylation sites is 1. The molecule has 1 saturated heterocycles. The zero-order chi connectivity index (χ0) is 16.2. The highest BCUT2D eigenvalue weighted by atomic mass is 16.2. The number of nitrogen functional groups attached to an aromatic ring is 1. The standard InChI is InChI=1S/C18H22N4O/c1-14(15-5-4-8-20-13-15)21-9-11-22(12-10-21)18(23)16-6-2-3-7-17(16)19/h2-8,13-14H,9-12,19H2,1H3. The minimum atomic E-state index is 0.0248. The third-order valence-electron chi connectivity index (χ3n) is 4.51. The second-order valence-corrected chi connectivity index (χ2v) is 5.88. The molecule has 1 amide bonds. The van der Waals surface area contributed by atoms with Crippen LogP contribution in [0.1, 0.15) is 28.9 Å². The van der Waals surface area contributed by atoms with Gasteiger partial charge in [0.2, 0.25) is 0 Å². The van der Waals surface area contributed by atoms with Gasteiger partial charge in [0, 0.05) is 50.3 Å². The van der Waals surface area contributed by atoms with Gasteiger partial charge in [-0.1, -0.05) is 18.2 Å². The van der Waals surface area contributed by atoms with Crippen molar-refractivity contribution in [3.63, 3.8) is 0 Å².